The van der Waals surface area contributed by atoms with Crippen LogP contribution in [0.2, 0.25) is 0 Å². The molecule has 95 heavy (non-hydrogen) atoms. The molecule has 10 atom stereocenters. The average Bonchev–Trinajstić information content (AvgIpc) is 0.860. The Balaban J connectivity index is 1.58. The summed E-state index contributed by atoms with van der Waals surface area (Å²) in [4.78, 5) is 152. The lowest BCUT2D eigenvalue weighted by atomic mass is 9.93. The van der Waals surface area contributed by atoms with Gasteiger partial charge in [0.25, 0.3) is 0 Å². The molecular formula is C71H100N10O12S2. The second-order valence-electron chi connectivity index (χ2n) is 26.1. The predicted molar refractivity (Wildman–Crippen MR) is 371 cm³/mol. The van der Waals surface area contributed by atoms with Gasteiger partial charge < -0.3 is 56.4 Å². The first-order chi connectivity index (χ1) is 45.0. The lowest BCUT2D eigenvalue weighted by molar-refractivity contribution is -0.157. The Bertz CT molecular complexity index is 3160. The quantitative estimate of drug-likeness (QED) is 0.0410. The number of carbonyl (C=O) groups is 10. The van der Waals surface area contributed by atoms with E-state index >= 15 is 14.4 Å². The lowest BCUT2D eigenvalue weighted by Crippen LogP contribution is -2.60. The molecule has 8 amide bonds. The van der Waals surface area contributed by atoms with E-state index in [1.165, 1.54) is 77.5 Å². The molecule has 24 heteroatoms. The smallest absolute Gasteiger partial charge is 0.329 e. The van der Waals surface area contributed by atoms with E-state index < -0.39 is 127 Å². The zero-order chi connectivity index (χ0) is 70.1. The number of Topliss-reactive ketones (excluding diaryl/α,β-unsaturated/α-hetero) is 1. The number of nitrogens with two attached hydrogens (primary N) is 1. The molecule has 0 saturated carbocycles. The van der Waals surface area contributed by atoms with Gasteiger partial charge >= 0.3 is 5.97 Å². The van der Waals surface area contributed by atoms with Gasteiger partial charge in [0.2, 0.25) is 47.3 Å². The number of likely N-dealkylation sites (N-methyl/N-ethyl adjacent to an activating group) is 5. The molecule has 1 aliphatic rings. The molecule has 518 valence electrons. The molecule has 0 aromatic heterocycles. The maximum atomic E-state index is 15.4. The third-order valence-electron chi connectivity index (χ3n) is 16.7. The summed E-state index contributed by atoms with van der Waals surface area (Å²) in [6.45, 7) is 11.9. The fraction of sp³-hybridized carbons (Fsp3) is 0.521. The molecule has 4 aromatic carbocycles. The molecule has 0 bridgehead atoms. The zero-order valence-electron chi connectivity index (χ0n) is 57.2. The van der Waals surface area contributed by atoms with Crippen LogP contribution in [0.15, 0.2) is 121 Å². The third-order valence-corrected chi connectivity index (χ3v) is 20.1. The van der Waals surface area contributed by atoms with E-state index in [1.54, 1.807) is 133 Å². The van der Waals surface area contributed by atoms with Gasteiger partial charge in [0.15, 0.2) is 5.78 Å². The number of carbonyl (C=O) groups excluding carboxylic acids is 10. The molecule has 22 nitrogen and oxygen atoms in total. The van der Waals surface area contributed by atoms with Gasteiger partial charge in [0.05, 0.1) is 24.7 Å². The molecule has 4 aromatic rings. The Morgan fingerprint density at radius 2 is 1.11 bits per heavy atom. The van der Waals surface area contributed by atoms with Crippen LogP contribution in [-0.2, 0) is 78.4 Å². The summed E-state index contributed by atoms with van der Waals surface area (Å²) in [5.41, 5.74) is 8.97. The van der Waals surface area contributed by atoms with E-state index in [9.17, 15) is 38.7 Å². The van der Waals surface area contributed by atoms with Gasteiger partial charge in [-0.15, -0.1) is 0 Å². The number of ketones is 1. The summed E-state index contributed by atoms with van der Waals surface area (Å²) >= 11 is 0. The van der Waals surface area contributed by atoms with Crippen LogP contribution in [0, 0.1) is 11.8 Å². The summed E-state index contributed by atoms with van der Waals surface area (Å²) in [5.74, 6) is -7.19. The second-order valence-corrected chi connectivity index (χ2v) is 29.3. The number of amides is 8. The number of benzene rings is 4. The number of cyclic esters (lactones) is 1. The van der Waals surface area contributed by atoms with E-state index in [0.717, 1.165) is 0 Å². The molecule has 1 saturated heterocycles. The van der Waals surface area contributed by atoms with Gasteiger partial charge in [0.1, 0.15) is 43.0 Å². The highest BCUT2D eigenvalue weighted by molar-refractivity contribution is 8.77. The normalized spacial score (nSPS) is 23.4. The van der Waals surface area contributed by atoms with Gasteiger partial charge in [0, 0.05) is 70.4 Å². The maximum absolute atomic E-state index is 15.4. The molecule has 2 unspecified atom stereocenters. The van der Waals surface area contributed by atoms with Crippen molar-refractivity contribution in [3.8, 4) is 0 Å². The topological polar surface area (TPSA) is 290 Å². The van der Waals surface area contributed by atoms with Gasteiger partial charge in [-0.3, -0.25) is 48.1 Å². The highest BCUT2D eigenvalue weighted by atomic mass is 33.1. The highest BCUT2D eigenvalue weighted by Gasteiger charge is 2.40. The predicted octanol–water partition coefficient (Wildman–Crippen LogP) is 4.98. The minimum atomic E-state index is -1.65. The number of rotatable bonds is 19. The van der Waals surface area contributed by atoms with E-state index in [4.69, 9.17) is 10.5 Å². The van der Waals surface area contributed by atoms with Crippen LogP contribution in [0.1, 0.15) is 103 Å². The zero-order valence-corrected chi connectivity index (χ0v) is 58.8. The van der Waals surface area contributed by atoms with Crippen molar-refractivity contribution in [2.75, 3.05) is 60.7 Å². The molecule has 1 fully saturated rings. The molecule has 1 aliphatic heterocycles. The number of nitrogens with zero attached hydrogens (tertiary/aromatic N) is 5. The van der Waals surface area contributed by atoms with Crippen molar-refractivity contribution in [2.24, 2.45) is 17.6 Å². The maximum Gasteiger partial charge on any atom is 0.329 e. The Morgan fingerprint density at radius 3 is 1.63 bits per heavy atom. The standard InChI is InChI=1S/C71H100N10O12S2/c1-46(2)37-58-65(87)75-55(39-49-27-17-13-18-28-49)68(90)77(8)43-61(83)79(10)57(41-51-31-21-15-22-32-51)60(82)38-47(3)67(89)78(9)48(4)63(85)76-56(40-50-29-19-14-20-30-50)70(92)93-44-62(84)80(11)59(42-52-33-23-16-24-34-52)66(88)74-54(69(91)81(58)12)35-25-26-36-73-64(86)53(72)45-94-95-71(5,6)7/h13-24,27-34,46-48,53-59,62,84H,25-26,35-45,72H2,1-12H3,(H,73,86)(H,74,88)(H,75,87)(H,76,85)/t47-,48+,53+,54+,55+,56?,57+,58+,59+,62?/m1/s1. The first-order valence-electron chi connectivity index (χ1n) is 32.5. The van der Waals surface area contributed by atoms with Gasteiger partial charge in [-0.25, -0.2) is 4.79 Å². The summed E-state index contributed by atoms with van der Waals surface area (Å²) in [7, 11) is 10.3. The van der Waals surface area contributed by atoms with E-state index in [-0.39, 0.29) is 74.5 Å². The van der Waals surface area contributed by atoms with Crippen molar-refractivity contribution in [1.82, 2.24) is 45.8 Å². The van der Waals surface area contributed by atoms with Crippen molar-refractivity contribution >= 4 is 80.6 Å². The SMILES string of the molecule is CC(C)C[C@H]1C(=O)N[C@@H](Cc2ccccc2)C(=O)N(C)CC(=O)N(C)[C@@H](Cc2ccccc2)C(=O)C[C@@H](C)C(=O)N(C)[C@@H](C)C(=O)NC(Cc2ccccc2)C(=O)OCC(O)N(C)[C@@H](Cc2ccccc2)C(=O)N[C@@H](CCCCNC(=O)[C@@H](N)CSSC(C)(C)C)C(=O)N1C. The number of hydrogen-bond acceptors (Lipinski definition) is 16. The minimum absolute atomic E-state index is 0.00678. The van der Waals surface area contributed by atoms with Crippen molar-refractivity contribution in [1.29, 1.82) is 0 Å². The van der Waals surface area contributed by atoms with Crippen LogP contribution in [0.5, 0.6) is 0 Å². The number of aliphatic hydroxyl groups is 1. The lowest BCUT2D eigenvalue weighted by Gasteiger charge is -2.35. The Kier molecular flexibility index (Phi) is 31.4. The summed E-state index contributed by atoms with van der Waals surface area (Å²) in [6.07, 6.45) is -1.26. The number of aliphatic hydroxyl groups excluding tert-OH is 1. The van der Waals surface area contributed by atoms with Gasteiger partial charge in [-0.1, -0.05) is 184 Å². The van der Waals surface area contributed by atoms with Crippen molar-refractivity contribution in [3.63, 3.8) is 0 Å². The summed E-state index contributed by atoms with van der Waals surface area (Å²) < 4.78 is 5.74. The van der Waals surface area contributed by atoms with Gasteiger partial charge in [-0.05, 0) is 80.7 Å². The monoisotopic (exact) mass is 1350 g/mol. The van der Waals surface area contributed by atoms with Crippen LogP contribution in [-0.4, -0.2) is 209 Å². The van der Waals surface area contributed by atoms with E-state index in [0.29, 0.717) is 34.4 Å². The van der Waals surface area contributed by atoms with Crippen LogP contribution >= 0.6 is 21.6 Å². The highest BCUT2D eigenvalue weighted by Crippen LogP contribution is 2.35. The molecule has 7 N–H and O–H groups in total. The summed E-state index contributed by atoms with van der Waals surface area (Å²) in [6, 6.07) is 26.2. The van der Waals surface area contributed by atoms with Crippen LogP contribution in [0.25, 0.3) is 0 Å². The number of unbranched alkanes of at least 4 members (excludes halogenated alkanes) is 1. The Labute approximate surface area is 568 Å². The van der Waals surface area contributed by atoms with Crippen molar-refractivity contribution in [3.05, 3.63) is 144 Å². The number of nitrogens with one attached hydrogen (secondary N) is 4. The molecular weight excluding hydrogens is 1250 g/mol. The Morgan fingerprint density at radius 1 is 0.621 bits per heavy atom. The third kappa shape index (κ3) is 25.1. The van der Waals surface area contributed by atoms with Crippen molar-refractivity contribution in [2.45, 2.75) is 166 Å². The van der Waals surface area contributed by atoms with Crippen LogP contribution < -0.4 is 27.0 Å². The molecule has 0 spiro atoms. The van der Waals surface area contributed by atoms with Crippen LogP contribution in [0.4, 0.5) is 0 Å². The second kappa shape index (κ2) is 38.2. The largest absolute Gasteiger partial charge is 0.460 e. The first-order valence-corrected chi connectivity index (χ1v) is 34.8. The Hall–Kier alpha value is -7.64. The van der Waals surface area contributed by atoms with Crippen molar-refractivity contribution < 1.29 is 57.8 Å². The van der Waals surface area contributed by atoms with Crippen LogP contribution in [0.3, 0.4) is 0 Å². The molecule has 0 radical (unpaired) electrons. The molecule has 1 heterocycles. The number of ether oxygens (including phenoxy) is 1. The molecule has 0 aliphatic carbocycles. The fourth-order valence-corrected chi connectivity index (χ4v) is 13.3. The van der Waals surface area contributed by atoms with Gasteiger partial charge in [-0.2, -0.15) is 0 Å². The minimum Gasteiger partial charge on any atom is -0.460 e. The fourth-order valence-electron chi connectivity index (χ4n) is 10.9. The van der Waals surface area contributed by atoms with E-state index in [1.807, 2.05) is 19.9 Å². The summed E-state index contributed by atoms with van der Waals surface area (Å²) in [5, 5.41) is 23.5. The first kappa shape index (κ1) is 78.1. The molecule has 5 rings (SSSR count). The number of esters is 1. The average molecular weight is 1350 g/mol. The number of hydrogen-bond donors (Lipinski definition) is 6. The van der Waals surface area contributed by atoms with E-state index in [2.05, 4.69) is 42.0 Å².